The van der Waals surface area contributed by atoms with Crippen LogP contribution in [0, 0.1) is 0 Å². The Bertz CT molecular complexity index is 546. The zero-order valence-electron chi connectivity index (χ0n) is 11.0. The van der Waals surface area contributed by atoms with E-state index in [0.29, 0.717) is 19.0 Å². The molecule has 0 bridgehead atoms. The number of nitrogens with zero attached hydrogens (tertiary/aromatic N) is 4. The summed E-state index contributed by atoms with van der Waals surface area (Å²) in [6, 6.07) is 3.53. The lowest BCUT2D eigenvalue weighted by Crippen LogP contribution is -2.23. The zero-order valence-corrected chi connectivity index (χ0v) is 11.0. The van der Waals surface area contributed by atoms with Crippen molar-refractivity contribution in [3.8, 4) is 0 Å². The van der Waals surface area contributed by atoms with Crippen molar-refractivity contribution in [3.63, 3.8) is 0 Å². The molecule has 2 aromatic heterocycles. The van der Waals surface area contributed by atoms with E-state index < -0.39 is 0 Å². The average Bonchev–Trinajstić information content (AvgIpc) is 3.05. The predicted molar refractivity (Wildman–Crippen MR) is 68.3 cm³/mol. The van der Waals surface area contributed by atoms with Gasteiger partial charge in [0.1, 0.15) is 12.4 Å². The van der Waals surface area contributed by atoms with Gasteiger partial charge in [-0.2, -0.15) is 10.2 Å². The lowest BCUT2D eigenvalue weighted by molar-refractivity contribution is 0.0937. The van der Waals surface area contributed by atoms with Gasteiger partial charge in [-0.15, -0.1) is 0 Å². The van der Waals surface area contributed by atoms with Crippen LogP contribution in [0.5, 0.6) is 0 Å². The third-order valence-electron chi connectivity index (χ3n) is 2.58. The maximum absolute atomic E-state index is 11.8. The van der Waals surface area contributed by atoms with Gasteiger partial charge in [0.15, 0.2) is 0 Å². The second kappa shape index (κ2) is 6.14. The highest BCUT2D eigenvalue weighted by molar-refractivity contribution is 5.92. The Morgan fingerprint density at radius 1 is 1.32 bits per heavy atom. The normalized spacial score (nSPS) is 10.6. The molecule has 0 aliphatic heterocycles. The van der Waals surface area contributed by atoms with Gasteiger partial charge in [0.25, 0.3) is 5.91 Å². The van der Waals surface area contributed by atoms with Gasteiger partial charge < -0.3 is 10.1 Å². The summed E-state index contributed by atoms with van der Waals surface area (Å²) in [5, 5.41) is 11.1. The fourth-order valence-electron chi connectivity index (χ4n) is 1.62. The average molecular weight is 263 g/mol. The van der Waals surface area contributed by atoms with E-state index in [-0.39, 0.29) is 5.91 Å². The highest BCUT2D eigenvalue weighted by Crippen LogP contribution is 1.99. The number of amides is 1. The summed E-state index contributed by atoms with van der Waals surface area (Å²) in [5.74, 6) is -0.221. The number of rotatable bonds is 6. The Morgan fingerprint density at radius 2 is 2.11 bits per heavy atom. The molecule has 2 rings (SSSR count). The molecule has 0 spiro atoms. The van der Waals surface area contributed by atoms with Gasteiger partial charge in [0.2, 0.25) is 0 Å². The largest absolute Gasteiger partial charge is 0.362 e. The Labute approximate surface area is 111 Å². The molecule has 19 heavy (non-hydrogen) atoms. The number of aryl methyl sites for hydroxylation is 1. The number of hydrogen-bond acceptors (Lipinski definition) is 4. The Hall–Kier alpha value is -2.15. The molecule has 0 radical (unpaired) electrons. The molecule has 0 unspecified atom stereocenters. The van der Waals surface area contributed by atoms with Crippen molar-refractivity contribution < 1.29 is 9.53 Å². The summed E-state index contributed by atoms with van der Waals surface area (Å²) in [7, 11) is 1.57. The number of aromatic nitrogens is 4. The second-order valence-corrected chi connectivity index (χ2v) is 4.00. The van der Waals surface area contributed by atoms with Gasteiger partial charge in [-0.25, -0.2) is 4.68 Å². The second-order valence-electron chi connectivity index (χ2n) is 4.00. The van der Waals surface area contributed by atoms with E-state index in [0.717, 1.165) is 12.2 Å². The van der Waals surface area contributed by atoms with E-state index in [1.807, 2.05) is 23.9 Å². The molecule has 0 atom stereocenters. The Kier molecular flexibility index (Phi) is 4.30. The van der Waals surface area contributed by atoms with Crippen molar-refractivity contribution in [1.29, 1.82) is 0 Å². The zero-order chi connectivity index (χ0) is 13.7. The Balaban J connectivity index is 1.89. The first kappa shape index (κ1) is 13.3. The number of carbonyl (C=O) groups excluding carboxylic acids is 1. The summed E-state index contributed by atoms with van der Waals surface area (Å²) in [5.41, 5.74) is 1.19. The van der Waals surface area contributed by atoms with Gasteiger partial charge in [-0.1, -0.05) is 0 Å². The molecule has 2 aromatic rings. The standard InChI is InChI=1S/C12H17N5O2/c1-3-16-6-4-10(14-16)8-13-12(18)11-5-7-17(15-11)9-19-2/h4-7H,3,8-9H2,1-2H3,(H,13,18). The van der Waals surface area contributed by atoms with Crippen molar-refractivity contribution in [1.82, 2.24) is 24.9 Å². The number of hydrogen-bond donors (Lipinski definition) is 1. The Morgan fingerprint density at radius 3 is 2.79 bits per heavy atom. The first-order valence-corrected chi connectivity index (χ1v) is 6.06. The molecule has 0 aromatic carbocycles. The topological polar surface area (TPSA) is 74.0 Å². The van der Waals surface area contributed by atoms with Crippen LogP contribution >= 0.6 is 0 Å². The molecule has 0 aliphatic carbocycles. The predicted octanol–water partition coefficient (Wildman–Crippen LogP) is 0.633. The molecule has 1 N–H and O–H groups in total. The fourth-order valence-corrected chi connectivity index (χ4v) is 1.62. The van der Waals surface area contributed by atoms with Crippen molar-refractivity contribution in [2.24, 2.45) is 0 Å². The van der Waals surface area contributed by atoms with E-state index in [4.69, 9.17) is 4.74 Å². The van der Waals surface area contributed by atoms with Gasteiger partial charge in [0, 0.05) is 26.0 Å². The molecule has 0 aliphatic rings. The van der Waals surface area contributed by atoms with Crippen molar-refractivity contribution in [2.45, 2.75) is 26.7 Å². The monoisotopic (exact) mass is 263 g/mol. The van der Waals surface area contributed by atoms with Crippen LogP contribution in [-0.4, -0.2) is 32.6 Å². The van der Waals surface area contributed by atoms with Crippen molar-refractivity contribution >= 4 is 5.91 Å². The highest BCUT2D eigenvalue weighted by atomic mass is 16.5. The molecule has 7 heteroatoms. The van der Waals surface area contributed by atoms with Crippen LogP contribution in [0.1, 0.15) is 23.1 Å². The number of methoxy groups -OCH3 is 1. The summed E-state index contributed by atoms with van der Waals surface area (Å²) in [6.45, 7) is 3.55. The van der Waals surface area contributed by atoms with Crippen molar-refractivity contribution in [3.05, 3.63) is 35.9 Å². The maximum atomic E-state index is 11.8. The minimum atomic E-state index is -0.221. The van der Waals surface area contributed by atoms with E-state index in [1.165, 1.54) is 0 Å². The lowest BCUT2D eigenvalue weighted by atomic mass is 10.4. The molecular weight excluding hydrogens is 246 g/mol. The summed E-state index contributed by atoms with van der Waals surface area (Å²) < 4.78 is 8.29. The van der Waals surface area contributed by atoms with Crippen LogP contribution < -0.4 is 5.32 Å². The SMILES string of the molecule is CCn1ccc(CNC(=O)c2ccn(COC)n2)n1. The van der Waals surface area contributed by atoms with E-state index in [2.05, 4.69) is 15.5 Å². The highest BCUT2D eigenvalue weighted by Gasteiger charge is 2.09. The maximum Gasteiger partial charge on any atom is 0.272 e. The van der Waals surface area contributed by atoms with E-state index in [1.54, 1.807) is 24.1 Å². The summed E-state index contributed by atoms with van der Waals surface area (Å²) in [6.07, 6.45) is 3.58. The summed E-state index contributed by atoms with van der Waals surface area (Å²) >= 11 is 0. The van der Waals surface area contributed by atoms with Gasteiger partial charge in [-0.3, -0.25) is 9.48 Å². The molecule has 0 saturated carbocycles. The van der Waals surface area contributed by atoms with Gasteiger partial charge >= 0.3 is 0 Å². The smallest absolute Gasteiger partial charge is 0.272 e. The minimum Gasteiger partial charge on any atom is -0.362 e. The van der Waals surface area contributed by atoms with Crippen LogP contribution in [0.15, 0.2) is 24.5 Å². The van der Waals surface area contributed by atoms with Crippen LogP contribution in [0.25, 0.3) is 0 Å². The molecule has 1 amide bonds. The van der Waals surface area contributed by atoms with Crippen LogP contribution in [0.3, 0.4) is 0 Å². The lowest BCUT2D eigenvalue weighted by Gasteiger charge is -2.01. The molecule has 7 nitrogen and oxygen atoms in total. The van der Waals surface area contributed by atoms with Gasteiger partial charge in [0.05, 0.1) is 12.2 Å². The first-order chi connectivity index (χ1) is 9.22. The van der Waals surface area contributed by atoms with Gasteiger partial charge in [-0.05, 0) is 19.1 Å². The third-order valence-corrected chi connectivity index (χ3v) is 2.58. The van der Waals surface area contributed by atoms with E-state index in [9.17, 15) is 4.79 Å². The third kappa shape index (κ3) is 3.41. The molecule has 0 saturated heterocycles. The molecule has 0 fully saturated rings. The minimum absolute atomic E-state index is 0.221. The molecule has 102 valence electrons. The molecule has 2 heterocycles. The number of nitrogens with one attached hydrogen (secondary N) is 1. The number of carbonyl (C=O) groups is 1. The van der Waals surface area contributed by atoms with E-state index >= 15 is 0 Å². The molecular formula is C12H17N5O2. The van der Waals surface area contributed by atoms with Crippen LogP contribution in [0.4, 0.5) is 0 Å². The van der Waals surface area contributed by atoms with Crippen molar-refractivity contribution in [2.75, 3.05) is 7.11 Å². The quantitative estimate of drug-likeness (QED) is 0.829. The first-order valence-electron chi connectivity index (χ1n) is 6.06. The van der Waals surface area contributed by atoms with Crippen LogP contribution in [0.2, 0.25) is 0 Å². The van der Waals surface area contributed by atoms with Crippen LogP contribution in [-0.2, 0) is 24.6 Å². The number of ether oxygens (including phenoxy) is 1. The summed E-state index contributed by atoms with van der Waals surface area (Å²) in [4.78, 5) is 11.8. The fraction of sp³-hybridized carbons (Fsp3) is 0.417.